The molecular weight excluding hydrogens is 300 g/mol. The van der Waals surface area contributed by atoms with Crippen LogP contribution < -0.4 is 5.32 Å². The summed E-state index contributed by atoms with van der Waals surface area (Å²) < 4.78 is 1.56. The predicted octanol–water partition coefficient (Wildman–Crippen LogP) is 2.49. The van der Waals surface area contributed by atoms with Gasteiger partial charge in [0.05, 0.1) is 11.3 Å². The fourth-order valence-electron chi connectivity index (χ4n) is 3.21. The summed E-state index contributed by atoms with van der Waals surface area (Å²) in [5.74, 6) is 0.628. The van der Waals surface area contributed by atoms with Gasteiger partial charge >= 0.3 is 0 Å². The first-order valence-corrected chi connectivity index (χ1v) is 8.54. The van der Waals surface area contributed by atoms with Gasteiger partial charge in [0.25, 0.3) is 5.91 Å². The number of nitrogens with one attached hydrogen (secondary N) is 1. The van der Waals surface area contributed by atoms with Crippen LogP contribution >= 0.6 is 11.6 Å². The van der Waals surface area contributed by atoms with Gasteiger partial charge in [0.1, 0.15) is 5.15 Å². The van der Waals surface area contributed by atoms with Crippen molar-refractivity contribution in [2.24, 2.45) is 13.0 Å². The fourth-order valence-corrected chi connectivity index (χ4v) is 3.44. The van der Waals surface area contributed by atoms with E-state index in [0.717, 1.165) is 31.2 Å². The van der Waals surface area contributed by atoms with Crippen molar-refractivity contribution in [1.82, 2.24) is 20.0 Å². The van der Waals surface area contributed by atoms with Gasteiger partial charge in [-0.3, -0.25) is 9.48 Å². The van der Waals surface area contributed by atoms with Crippen LogP contribution in [0.1, 0.15) is 49.7 Å². The number of likely N-dealkylation sites (tertiary alicyclic amines) is 1. The summed E-state index contributed by atoms with van der Waals surface area (Å²) in [6, 6.07) is 0.0961. The van der Waals surface area contributed by atoms with Gasteiger partial charge in [-0.2, -0.15) is 5.10 Å². The van der Waals surface area contributed by atoms with E-state index in [-0.39, 0.29) is 11.9 Å². The van der Waals surface area contributed by atoms with E-state index in [4.69, 9.17) is 11.6 Å². The third kappa shape index (κ3) is 4.02. The average molecular weight is 327 g/mol. The molecule has 0 saturated carbocycles. The zero-order valence-electron chi connectivity index (χ0n) is 14.0. The zero-order valence-corrected chi connectivity index (χ0v) is 14.8. The number of piperidine rings is 1. The number of carbonyl (C=O) groups is 1. The summed E-state index contributed by atoms with van der Waals surface area (Å²) in [6.07, 6.45) is 3.25. The lowest BCUT2D eigenvalue weighted by Gasteiger charge is -2.32. The maximum atomic E-state index is 12.5. The van der Waals surface area contributed by atoms with Crippen molar-refractivity contribution in [2.45, 2.75) is 46.1 Å². The Hall–Kier alpha value is -1.07. The molecule has 1 fully saturated rings. The normalized spacial score (nSPS) is 20.9. The highest BCUT2D eigenvalue weighted by Crippen LogP contribution is 2.20. The minimum atomic E-state index is -0.118. The second-order valence-electron chi connectivity index (χ2n) is 6.47. The number of nitrogens with zero attached hydrogens (tertiary/aromatic N) is 3. The molecule has 1 aromatic rings. The molecule has 1 aliphatic rings. The number of aromatic nitrogens is 2. The van der Waals surface area contributed by atoms with Crippen molar-refractivity contribution in [2.75, 3.05) is 19.6 Å². The van der Waals surface area contributed by atoms with Crippen LogP contribution in [0, 0.1) is 5.92 Å². The average Bonchev–Trinajstić information content (AvgIpc) is 2.74. The monoisotopic (exact) mass is 326 g/mol. The van der Waals surface area contributed by atoms with Gasteiger partial charge in [0, 0.05) is 26.2 Å². The van der Waals surface area contributed by atoms with Crippen molar-refractivity contribution in [3.05, 3.63) is 16.4 Å². The van der Waals surface area contributed by atoms with Gasteiger partial charge in [-0.25, -0.2) is 0 Å². The lowest BCUT2D eigenvalue weighted by Crippen LogP contribution is -2.45. The van der Waals surface area contributed by atoms with Gasteiger partial charge in [-0.05, 0) is 38.6 Å². The minimum absolute atomic E-state index is 0.0961. The van der Waals surface area contributed by atoms with E-state index in [9.17, 15) is 4.79 Å². The summed E-state index contributed by atoms with van der Waals surface area (Å²) >= 11 is 6.21. The Labute approximate surface area is 138 Å². The third-order valence-electron chi connectivity index (χ3n) is 4.26. The predicted molar refractivity (Wildman–Crippen MR) is 89.4 cm³/mol. The molecule has 2 rings (SSSR count). The number of rotatable bonds is 5. The SMILES string of the molecule is CCc1nn(C)c(Cl)c1C(=O)N[C@@H](C)CN1CCC[C@@H](C)C1. The molecule has 1 aliphatic heterocycles. The van der Waals surface area contributed by atoms with Crippen LogP contribution in [0.3, 0.4) is 0 Å². The number of amides is 1. The molecule has 124 valence electrons. The van der Waals surface area contributed by atoms with E-state index < -0.39 is 0 Å². The minimum Gasteiger partial charge on any atom is -0.348 e. The summed E-state index contributed by atoms with van der Waals surface area (Å²) in [4.78, 5) is 14.9. The van der Waals surface area contributed by atoms with Gasteiger partial charge in [-0.1, -0.05) is 25.4 Å². The lowest BCUT2D eigenvalue weighted by atomic mass is 10.00. The maximum Gasteiger partial charge on any atom is 0.256 e. The topological polar surface area (TPSA) is 50.2 Å². The number of hydrogen-bond acceptors (Lipinski definition) is 3. The Morgan fingerprint density at radius 1 is 1.55 bits per heavy atom. The summed E-state index contributed by atoms with van der Waals surface area (Å²) in [5.41, 5.74) is 1.27. The molecule has 0 spiro atoms. The van der Waals surface area contributed by atoms with Gasteiger partial charge in [-0.15, -0.1) is 0 Å². The molecule has 2 heterocycles. The molecule has 6 heteroatoms. The van der Waals surface area contributed by atoms with Crippen LogP contribution in [0.2, 0.25) is 5.15 Å². The molecule has 0 aromatic carbocycles. The Morgan fingerprint density at radius 3 is 2.91 bits per heavy atom. The number of hydrogen-bond donors (Lipinski definition) is 1. The Morgan fingerprint density at radius 2 is 2.27 bits per heavy atom. The standard InChI is InChI=1S/C16H27ClN4O/c1-5-13-14(15(17)20(4)19-13)16(22)18-12(3)10-21-8-6-7-11(2)9-21/h11-12H,5-10H2,1-4H3,(H,18,22)/t11-,12+/m1/s1. The van der Waals surface area contributed by atoms with Crippen LogP contribution in [-0.2, 0) is 13.5 Å². The maximum absolute atomic E-state index is 12.5. The van der Waals surface area contributed by atoms with Crippen molar-refractivity contribution in [1.29, 1.82) is 0 Å². The van der Waals surface area contributed by atoms with Crippen LogP contribution in [0.25, 0.3) is 0 Å². The fraction of sp³-hybridized carbons (Fsp3) is 0.750. The molecule has 22 heavy (non-hydrogen) atoms. The number of aryl methyl sites for hydroxylation is 2. The van der Waals surface area contributed by atoms with Gasteiger partial charge < -0.3 is 10.2 Å². The van der Waals surface area contributed by atoms with Crippen LogP contribution in [0.5, 0.6) is 0 Å². The largest absolute Gasteiger partial charge is 0.348 e. The lowest BCUT2D eigenvalue weighted by molar-refractivity contribution is 0.0919. The van der Waals surface area contributed by atoms with E-state index in [1.807, 2.05) is 13.8 Å². The highest BCUT2D eigenvalue weighted by Gasteiger charge is 2.23. The van der Waals surface area contributed by atoms with E-state index >= 15 is 0 Å². The van der Waals surface area contributed by atoms with Crippen LogP contribution in [0.4, 0.5) is 0 Å². The van der Waals surface area contributed by atoms with E-state index in [1.165, 1.54) is 12.8 Å². The molecule has 1 saturated heterocycles. The van der Waals surface area contributed by atoms with E-state index in [0.29, 0.717) is 17.1 Å². The molecule has 2 atom stereocenters. The van der Waals surface area contributed by atoms with Crippen LogP contribution in [-0.4, -0.2) is 46.3 Å². The highest BCUT2D eigenvalue weighted by atomic mass is 35.5. The molecule has 1 aromatic heterocycles. The van der Waals surface area contributed by atoms with E-state index in [2.05, 4.69) is 22.2 Å². The van der Waals surface area contributed by atoms with E-state index in [1.54, 1.807) is 11.7 Å². The summed E-state index contributed by atoms with van der Waals surface area (Å²) in [7, 11) is 1.76. The summed E-state index contributed by atoms with van der Waals surface area (Å²) in [5, 5.41) is 7.78. The molecular formula is C16H27ClN4O. The quantitative estimate of drug-likeness (QED) is 0.904. The molecule has 1 N–H and O–H groups in total. The summed E-state index contributed by atoms with van der Waals surface area (Å²) in [6.45, 7) is 9.45. The Balaban J connectivity index is 1.96. The first-order valence-electron chi connectivity index (χ1n) is 8.16. The van der Waals surface area contributed by atoms with Crippen molar-refractivity contribution in [3.63, 3.8) is 0 Å². The second-order valence-corrected chi connectivity index (χ2v) is 6.83. The third-order valence-corrected chi connectivity index (χ3v) is 4.70. The van der Waals surface area contributed by atoms with Gasteiger partial charge in [0.2, 0.25) is 0 Å². The van der Waals surface area contributed by atoms with Gasteiger partial charge in [0.15, 0.2) is 0 Å². The molecule has 1 amide bonds. The molecule has 0 aliphatic carbocycles. The number of halogens is 1. The first-order chi connectivity index (χ1) is 10.4. The smallest absolute Gasteiger partial charge is 0.256 e. The second kappa shape index (κ2) is 7.47. The zero-order chi connectivity index (χ0) is 16.3. The molecule has 5 nitrogen and oxygen atoms in total. The van der Waals surface area contributed by atoms with Crippen molar-refractivity contribution < 1.29 is 4.79 Å². The molecule has 0 unspecified atom stereocenters. The molecule has 0 radical (unpaired) electrons. The Kier molecular flexibility index (Phi) is 5.87. The first kappa shape index (κ1) is 17.3. The van der Waals surface area contributed by atoms with Crippen molar-refractivity contribution >= 4 is 17.5 Å². The Bertz CT molecular complexity index is 528. The van der Waals surface area contributed by atoms with Crippen molar-refractivity contribution in [3.8, 4) is 0 Å². The highest BCUT2D eigenvalue weighted by molar-refractivity contribution is 6.33. The van der Waals surface area contributed by atoms with Crippen LogP contribution in [0.15, 0.2) is 0 Å². The number of carbonyl (C=O) groups excluding carboxylic acids is 1. The molecule has 0 bridgehead atoms.